The number of hydrogen-bond donors (Lipinski definition) is 2. The predicted octanol–water partition coefficient (Wildman–Crippen LogP) is 2.53. The maximum absolute atomic E-state index is 14.5. The van der Waals surface area contributed by atoms with Crippen molar-refractivity contribution in [3.63, 3.8) is 0 Å². The van der Waals surface area contributed by atoms with Crippen molar-refractivity contribution in [3.05, 3.63) is 35.1 Å². The van der Waals surface area contributed by atoms with Crippen molar-refractivity contribution >= 4 is 21.7 Å². The highest BCUT2D eigenvalue weighted by Gasteiger charge is 2.51. The Morgan fingerprint density at radius 2 is 2.19 bits per heavy atom. The Hall–Kier alpha value is -2.47. The van der Waals surface area contributed by atoms with Crippen LogP contribution in [-0.2, 0) is 15.3 Å². The van der Waals surface area contributed by atoms with Crippen molar-refractivity contribution < 1.29 is 22.9 Å². The first-order chi connectivity index (χ1) is 12.0. The molecule has 140 valence electrons. The Labute approximate surface area is 150 Å². The molecule has 0 saturated heterocycles. The summed E-state index contributed by atoms with van der Waals surface area (Å²) in [5, 5.41) is 11.1. The third-order valence-electron chi connectivity index (χ3n) is 4.50. The van der Waals surface area contributed by atoms with Gasteiger partial charge >= 0.3 is 6.09 Å². The summed E-state index contributed by atoms with van der Waals surface area (Å²) < 4.78 is 44.7. The number of nitrogens with zero attached hydrogens (tertiary/aromatic N) is 2. The van der Waals surface area contributed by atoms with Gasteiger partial charge in [-0.3, -0.25) is 10.3 Å². The molecule has 0 fully saturated rings. The molecule has 26 heavy (non-hydrogen) atoms. The first kappa shape index (κ1) is 19.8. The zero-order chi connectivity index (χ0) is 19.8. The summed E-state index contributed by atoms with van der Waals surface area (Å²) in [7, 11) is -1.90. The number of nitrogens with one attached hydrogen (secondary N) is 1. The van der Waals surface area contributed by atoms with Gasteiger partial charge in [0.1, 0.15) is 28.6 Å². The fraction of sp³-hybridized carbons (Fsp3) is 0.412. The van der Waals surface area contributed by atoms with Gasteiger partial charge in [-0.15, -0.1) is 6.42 Å². The standard InChI is InChI=1S/C17H19F2N3O3S/c1-5-11-6-7-13(19)12(8-11)17(9-18)10-26(25,20-4)16(2,3)14(22-17)21-15(23)24/h1,6-8H,9-10H2,2-4H3,(H,21,22)(H,23,24)/t17-,26+/m0/s1. The summed E-state index contributed by atoms with van der Waals surface area (Å²) in [6.07, 6.45) is 3.88. The molecule has 6 nitrogen and oxygen atoms in total. The van der Waals surface area contributed by atoms with E-state index in [1.807, 2.05) is 0 Å². The van der Waals surface area contributed by atoms with E-state index in [0.29, 0.717) is 5.56 Å². The molecule has 1 amide bonds. The van der Waals surface area contributed by atoms with Gasteiger partial charge in [-0.1, -0.05) is 5.92 Å². The molecule has 0 radical (unpaired) electrons. The van der Waals surface area contributed by atoms with Crippen LogP contribution in [0.25, 0.3) is 0 Å². The van der Waals surface area contributed by atoms with E-state index >= 15 is 0 Å². The van der Waals surface area contributed by atoms with E-state index in [1.165, 1.54) is 33.0 Å². The fourth-order valence-electron chi connectivity index (χ4n) is 2.86. The maximum atomic E-state index is 14.5. The lowest BCUT2D eigenvalue weighted by Gasteiger charge is -2.41. The second-order valence-corrected chi connectivity index (χ2v) is 9.33. The van der Waals surface area contributed by atoms with E-state index < -0.39 is 44.4 Å². The van der Waals surface area contributed by atoms with Crippen molar-refractivity contribution in [2.24, 2.45) is 9.36 Å². The van der Waals surface area contributed by atoms with Crippen LogP contribution < -0.4 is 5.32 Å². The van der Waals surface area contributed by atoms with Crippen LogP contribution in [0.5, 0.6) is 0 Å². The highest BCUT2D eigenvalue weighted by molar-refractivity contribution is 7.95. The van der Waals surface area contributed by atoms with Crippen LogP contribution in [0.15, 0.2) is 27.6 Å². The molecular formula is C17H19F2N3O3S. The van der Waals surface area contributed by atoms with Crippen LogP contribution in [0, 0.1) is 18.2 Å². The Morgan fingerprint density at radius 3 is 2.69 bits per heavy atom. The normalized spacial score (nSPS) is 27.2. The first-order valence-corrected chi connectivity index (χ1v) is 9.29. The monoisotopic (exact) mass is 383 g/mol. The molecule has 0 aromatic heterocycles. The summed E-state index contributed by atoms with van der Waals surface area (Å²) in [4.78, 5) is 15.3. The van der Waals surface area contributed by atoms with Gasteiger partial charge in [0.15, 0.2) is 0 Å². The number of halogens is 2. The minimum absolute atomic E-state index is 0.188. The zero-order valence-corrected chi connectivity index (χ0v) is 15.4. The van der Waals surface area contributed by atoms with E-state index in [1.54, 1.807) is 0 Å². The zero-order valence-electron chi connectivity index (χ0n) is 14.5. The Balaban J connectivity index is 2.85. The number of terminal acetylenes is 1. The second kappa shape index (κ2) is 6.68. The molecular weight excluding hydrogens is 364 g/mol. The predicted molar refractivity (Wildman–Crippen MR) is 96.0 cm³/mol. The number of hydrogen-bond acceptors (Lipinski definition) is 4. The molecule has 1 aliphatic rings. The quantitative estimate of drug-likeness (QED) is 0.769. The summed E-state index contributed by atoms with van der Waals surface area (Å²) in [6.45, 7) is 1.78. The van der Waals surface area contributed by atoms with E-state index in [-0.39, 0.29) is 11.4 Å². The lowest BCUT2D eigenvalue weighted by molar-refractivity contribution is 0.199. The summed E-state index contributed by atoms with van der Waals surface area (Å²) in [5.74, 6) is 0.900. The van der Waals surface area contributed by atoms with E-state index in [0.717, 1.165) is 6.07 Å². The van der Waals surface area contributed by atoms with Gasteiger partial charge in [0, 0.05) is 18.2 Å². The molecule has 0 aliphatic carbocycles. The number of benzene rings is 1. The molecule has 0 spiro atoms. The van der Waals surface area contributed by atoms with Crippen molar-refractivity contribution in [2.45, 2.75) is 24.1 Å². The molecule has 2 rings (SSSR count). The second-order valence-electron chi connectivity index (χ2n) is 6.37. The van der Waals surface area contributed by atoms with Crippen molar-refractivity contribution in [1.82, 2.24) is 5.32 Å². The molecule has 2 atom stereocenters. The molecule has 1 aromatic rings. The summed E-state index contributed by atoms with van der Waals surface area (Å²) in [5.41, 5.74) is -1.80. The topological polar surface area (TPSA) is 91.1 Å². The highest BCUT2D eigenvalue weighted by atomic mass is 32.2. The number of aliphatic imine (C=N–C) groups is 1. The number of carbonyl (C=O) groups is 1. The lowest BCUT2D eigenvalue weighted by Crippen LogP contribution is -2.58. The van der Waals surface area contributed by atoms with E-state index in [9.17, 15) is 17.8 Å². The number of carboxylic acid groups (broad SMARTS) is 1. The van der Waals surface area contributed by atoms with Crippen LogP contribution in [-0.4, -0.2) is 45.5 Å². The number of rotatable bonds is 2. The van der Waals surface area contributed by atoms with Gasteiger partial charge in [0.25, 0.3) is 0 Å². The van der Waals surface area contributed by atoms with Crippen molar-refractivity contribution in [3.8, 4) is 12.3 Å². The number of amidine groups is 1. The molecule has 0 saturated carbocycles. The van der Waals surface area contributed by atoms with Crippen molar-refractivity contribution in [1.29, 1.82) is 0 Å². The number of alkyl halides is 1. The van der Waals surface area contributed by atoms with Gasteiger partial charge in [-0.2, -0.15) is 0 Å². The molecule has 1 aliphatic heterocycles. The Morgan fingerprint density at radius 1 is 1.54 bits per heavy atom. The minimum Gasteiger partial charge on any atom is -0.465 e. The summed E-state index contributed by atoms with van der Waals surface area (Å²) >= 11 is 0. The van der Waals surface area contributed by atoms with Gasteiger partial charge in [0.2, 0.25) is 0 Å². The lowest BCUT2D eigenvalue weighted by atomic mass is 9.91. The largest absolute Gasteiger partial charge is 0.465 e. The van der Waals surface area contributed by atoms with Gasteiger partial charge in [-0.05, 0) is 32.0 Å². The van der Waals surface area contributed by atoms with E-state index in [2.05, 4.69) is 20.6 Å². The van der Waals surface area contributed by atoms with Crippen LogP contribution in [0.2, 0.25) is 0 Å². The van der Waals surface area contributed by atoms with Crippen LogP contribution in [0.1, 0.15) is 25.0 Å². The van der Waals surface area contributed by atoms with Gasteiger partial charge < -0.3 is 5.11 Å². The molecule has 1 heterocycles. The third-order valence-corrected chi connectivity index (χ3v) is 7.75. The van der Waals surface area contributed by atoms with Crippen molar-refractivity contribution in [2.75, 3.05) is 19.5 Å². The maximum Gasteiger partial charge on any atom is 0.410 e. The molecule has 2 N–H and O–H groups in total. The Kier molecular flexibility index (Phi) is 5.10. The van der Waals surface area contributed by atoms with Crippen LogP contribution in [0.3, 0.4) is 0 Å². The van der Waals surface area contributed by atoms with Crippen LogP contribution >= 0.6 is 0 Å². The molecule has 1 aromatic carbocycles. The average Bonchev–Trinajstić information content (AvgIpc) is 2.59. The Bertz CT molecular complexity index is 943. The SMILES string of the molecule is C#Cc1ccc(F)c([C@]2(CF)C[S@](=O)(=NC)C(C)(C)C(NC(=O)O)=N2)c1. The molecule has 0 unspecified atom stereocenters. The van der Waals surface area contributed by atoms with E-state index in [4.69, 9.17) is 11.5 Å². The molecule has 9 heteroatoms. The minimum atomic E-state index is -3.20. The third kappa shape index (κ3) is 3.05. The first-order valence-electron chi connectivity index (χ1n) is 7.60. The number of amides is 1. The molecule has 0 bridgehead atoms. The van der Waals surface area contributed by atoms with Gasteiger partial charge in [-0.25, -0.2) is 22.1 Å². The van der Waals surface area contributed by atoms with Gasteiger partial charge in [0.05, 0.1) is 15.5 Å². The average molecular weight is 383 g/mol. The van der Waals surface area contributed by atoms with Crippen LogP contribution in [0.4, 0.5) is 13.6 Å². The highest BCUT2D eigenvalue weighted by Crippen LogP contribution is 2.40. The summed E-state index contributed by atoms with van der Waals surface area (Å²) in [6, 6.07) is 3.68. The fourth-order valence-corrected chi connectivity index (χ4v) is 5.15. The smallest absolute Gasteiger partial charge is 0.410 e.